The molecule has 3 rings (SSSR count). The summed E-state index contributed by atoms with van der Waals surface area (Å²) in [7, 11) is 0. The number of benzene rings is 1. The monoisotopic (exact) mass is 343 g/mol. The molecule has 0 spiro atoms. The van der Waals surface area contributed by atoms with Crippen LogP contribution in [0.4, 0.5) is 11.4 Å². The van der Waals surface area contributed by atoms with Crippen molar-refractivity contribution in [3.63, 3.8) is 0 Å². The summed E-state index contributed by atoms with van der Waals surface area (Å²) in [4.78, 5) is 24.8. The number of hydrogen-bond donors (Lipinski definition) is 3. The molecule has 1 aromatic carbocycles. The van der Waals surface area contributed by atoms with E-state index < -0.39 is 0 Å². The molecular formula is C20H29N3O2. The second-order valence-corrected chi connectivity index (χ2v) is 7.47. The molecule has 136 valence electrons. The van der Waals surface area contributed by atoms with Gasteiger partial charge in [-0.05, 0) is 57.4 Å². The minimum atomic E-state index is 0.0525. The van der Waals surface area contributed by atoms with Crippen LogP contribution >= 0.6 is 0 Å². The smallest absolute Gasteiger partial charge is 0.227 e. The first-order valence-electron chi connectivity index (χ1n) is 9.57. The highest BCUT2D eigenvalue weighted by molar-refractivity contribution is 5.95. The third-order valence-electron chi connectivity index (χ3n) is 5.37. The average molecular weight is 343 g/mol. The third-order valence-corrected chi connectivity index (χ3v) is 5.37. The Morgan fingerprint density at radius 3 is 2.24 bits per heavy atom. The van der Waals surface area contributed by atoms with Crippen molar-refractivity contribution in [2.24, 2.45) is 11.8 Å². The van der Waals surface area contributed by atoms with Crippen LogP contribution in [-0.2, 0) is 9.59 Å². The highest BCUT2D eigenvalue weighted by atomic mass is 16.2. The third kappa shape index (κ3) is 5.05. The van der Waals surface area contributed by atoms with Crippen LogP contribution in [0, 0.1) is 11.8 Å². The molecule has 5 nitrogen and oxygen atoms in total. The zero-order valence-electron chi connectivity index (χ0n) is 15.0. The molecule has 1 aromatic rings. The van der Waals surface area contributed by atoms with Crippen molar-refractivity contribution >= 4 is 23.2 Å². The highest BCUT2D eigenvalue weighted by Crippen LogP contribution is 2.26. The summed E-state index contributed by atoms with van der Waals surface area (Å²) in [6.07, 6.45) is 7.22. The molecule has 2 atom stereocenters. The van der Waals surface area contributed by atoms with E-state index in [1.54, 1.807) is 0 Å². The van der Waals surface area contributed by atoms with Gasteiger partial charge in [0.25, 0.3) is 0 Å². The van der Waals surface area contributed by atoms with Crippen LogP contribution in [-0.4, -0.2) is 24.4 Å². The van der Waals surface area contributed by atoms with E-state index >= 15 is 0 Å². The molecule has 1 aliphatic heterocycles. The molecule has 1 aliphatic carbocycles. The zero-order valence-corrected chi connectivity index (χ0v) is 15.0. The van der Waals surface area contributed by atoms with E-state index in [4.69, 9.17) is 0 Å². The van der Waals surface area contributed by atoms with Crippen LogP contribution in [0.1, 0.15) is 51.9 Å². The molecule has 1 saturated heterocycles. The molecular weight excluding hydrogens is 314 g/mol. The first-order valence-corrected chi connectivity index (χ1v) is 9.57. The summed E-state index contributed by atoms with van der Waals surface area (Å²) in [6.45, 7) is 3.00. The first-order chi connectivity index (χ1) is 12.1. The van der Waals surface area contributed by atoms with Gasteiger partial charge in [-0.3, -0.25) is 9.59 Å². The van der Waals surface area contributed by atoms with Crippen LogP contribution in [0.15, 0.2) is 24.3 Å². The van der Waals surface area contributed by atoms with Crippen molar-refractivity contribution in [3.8, 4) is 0 Å². The van der Waals surface area contributed by atoms with E-state index in [2.05, 4.69) is 22.9 Å². The summed E-state index contributed by atoms with van der Waals surface area (Å²) in [5.74, 6) is 0.361. The number of rotatable bonds is 4. The molecule has 1 heterocycles. The fourth-order valence-corrected chi connectivity index (χ4v) is 3.90. The van der Waals surface area contributed by atoms with Gasteiger partial charge in [-0.2, -0.15) is 0 Å². The van der Waals surface area contributed by atoms with Gasteiger partial charge in [-0.25, -0.2) is 0 Å². The lowest BCUT2D eigenvalue weighted by Gasteiger charge is -2.27. The van der Waals surface area contributed by atoms with E-state index in [9.17, 15) is 9.59 Å². The number of carbonyl (C=O) groups excluding carboxylic acids is 2. The molecule has 0 unspecified atom stereocenters. The number of amides is 2. The zero-order chi connectivity index (χ0) is 17.6. The summed E-state index contributed by atoms with van der Waals surface area (Å²) >= 11 is 0. The molecule has 1 saturated carbocycles. The molecule has 2 fully saturated rings. The largest absolute Gasteiger partial charge is 0.326 e. The quantitative estimate of drug-likeness (QED) is 0.783. The number of piperidine rings is 1. The minimum Gasteiger partial charge on any atom is -0.326 e. The highest BCUT2D eigenvalue weighted by Gasteiger charge is 2.25. The Hall–Kier alpha value is -1.88. The Balaban J connectivity index is 1.57. The Kier molecular flexibility index (Phi) is 6.08. The molecule has 5 heteroatoms. The number of anilines is 2. The van der Waals surface area contributed by atoms with Crippen LogP contribution in [0.5, 0.6) is 0 Å². The minimum absolute atomic E-state index is 0.0525. The first kappa shape index (κ1) is 17.9. The van der Waals surface area contributed by atoms with Crippen molar-refractivity contribution in [1.29, 1.82) is 0 Å². The lowest BCUT2D eigenvalue weighted by atomic mass is 9.88. The second kappa shape index (κ2) is 8.48. The topological polar surface area (TPSA) is 70.2 Å². The normalized spacial score (nSPS) is 24.5. The van der Waals surface area contributed by atoms with Crippen molar-refractivity contribution < 1.29 is 9.59 Å². The molecule has 0 aromatic heterocycles. The fourth-order valence-electron chi connectivity index (χ4n) is 3.90. The Morgan fingerprint density at radius 2 is 1.60 bits per heavy atom. The van der Waals surface area contributed by atoms with Gasteiger partial charge in [-0.15, -0.1) is 0 Å². The molecule has 0 bridgehead atoms. The van der Waals surface area contributed by atoms with E-state index in [1.165, 1.54) is 6.42 Å². The van der Waals surface area contributed by atoms with Gasteiger partial charge in [-0.1, -0.05) is 25.3 Å². The van der Waals surface area contributed by atoms with Crippen molar-refractivity contribution in [3.05, 3.63) is 24.3 Å². The van der Waals surface area contributed by atoms with Gasteiger partial charge in [0, 0.05) is 29.3 Å². The Morgan fingerprint density at radius 1 is 0.960 bits per heavy atom. The summed E-state index contributed by atoms with van der Waals surface area (Å²) in [5.41, 5.74) is 1.50. The van der Waals surface area contributed by atoms with E-state index in [0.717, 1.165) is 56.4 Å². The van der Waals surface area contributed by atoms with Crippen LogP contribution in [0.2, 0.25) is 0 Å². The fraction of sp³-hybridized carbons (Fsp3) is 0.600. The molecule has 2 amide bonds. The Bertz CT molecular complexity index is 611. The predicted molar refractivity (Wildman–Crippen MR) is 100 cm³/mol. The average Bonchev–Trinajstić information content (AvgIpc) is 2.63. The summed E-state index contributed by atoms with van der Waals surface area (Å²) in [5, 5.41) is 9.38. The lowest BCUT2D eigenvalue weighted by Crippen LogP contribution is -2.40. The maximum atomic E-state index is 12.5. The summed E-state index contributed by atoms with van der Waals surface area (Å²) < 4.78 is 0. The Labute approximate surface area is 150 Å². The molecule has 2 aliphatic rings. The molecule has 0 radical (unpaired) electrons. The SMILES string of the molecule is C[C@H]1C[C@@H](C(=O)Nc2cccc(NC(=O)C3CCCCC3)c2)CCN1. The van der Waals surface area contributed by atoms with E-state index in [-0.39, 0.29) is 23.7 Å². The summed E-state index contributed by atoms with van der Waals surface area (Å²) in [6, 6.07) is 7.85. The standard InChI is InChI=1S/C20H29N3O2/c1-14-12-16(10-11-21-14)20(25)23-18-9-5-8-17(13-18)22-19(24)15-6-3-2-4-7-15/h5,8-9,13-16,21H,2-4,6-7,10-12H2,1H3,(H,22,24)(H,23,25)/t14-,16-/m0/s1. The lowest BCUT2D eigenvalue weighted by molar-refractivity contribution is -0.121. The van der Waals surface area contributed by atoms with Gasteiger partial charge in [0.15, 0.2) is 0 Å². The van der Waals surface area contributed by atoms with Crippen molar-refractivity contribution in [2.75, 3.05) is 17.2 Å². The van der Waals surface area contributed by atoms with Crippen molar-refractivity contribution in [1.82, 2.24) is 5.32 Å². The van der Waals surface area contributed by atoms with Gasteiger partial charge in [0.1, 0.15) is 0 Å². The second-order valence-electron chi connectivity index (χ2n) is 7.47. The number of hydrogen-bond acceptors (Lipinski definition) is 3. The van der Waals surface area contributed by atoms with Crippen LogP contribution < -0.4 is 16.0 Å². The molecule has 3 N–H and O–H groups in total. The van der Waals surface area contributed by atoms with Crippen LogP contribution in [0.25, 0.3) is 0 Å². The van der Waals surface area contributed by atoms with Crippen LogP contribution in [0.3, 0.4) is 0 Å². The number of carbonyl (C=O) groups is 2. The predicted octanol–water partition coefficient (Wildman–Crippen LogP) is 3.53. The maximum absolute atomic E-state index is 12.5. The molecule has 25 heavy (non-hydrogen) atoms. The number of nitrogens with one attached hydrogen (secondary N) is 3. The van der Waals surface area contributed by atoms with Crippen molar-refractivity contribution in [2.45, 2.75) is 57.9 Å². The van der Waals surface area contributed by atoms with Gasteiger partial charge >= 0.3 is 0 Å². The maximum Gasteiger partial charge on any atom is 0.227 e. The van der Waals surface area contributed by atoms with Gasteiger partial charge < -0.3 is 16.0 Å². The van der Waals surface area contributed by atoms with E-state index in [0.29, 0.717) is 6.04 Å². The van der Waals surface area contributed by atoms with E-state index in [1.807, 2.05) is 24.3 Å². The van der Waals surface area contributed by atoms with Gasteiger partial charge in [0.05, 0.1) is 0 Å². The van der Waals surface area contributed by atoms with Gasteiger partial charge in [0.2, 0.25) is 11.8 Å².